The van der Waals surface area contributed by atoms with Gasteiger partial charge in [0.15, 0.2) is 9.84 Å². The normalized spacial score (nSPS) is 33.9. The van der Waals surface area contributed by atoms with Gasteiger partial charge in [-0.2, -0.15) is 0 Å². The summed E-state index contributed by atoms with van der Waals surface area (Å²) in [5.74, 6) is 0.641. The van der Waals surface area contributed by atoms with E-state index in [0.717, 1.165) is 19.0 Å². The highest BCUT2D eigenvalue weighted by atomic mass is 32.2. The van der Waals surface area contributed by atoms with Gasteiger partial charge < -0.3 is 10.2 Å². The fourth-order valence-corrected chi connectivity index (χ4v) is 4.52. The van der Waals surface area contributed by atoms with Gasteiger partial charge in [0, 0.05) is 18.6 Å². The van der Waals surface area contributed by atoms with Crippen LogP contribution < -0.4 is 5.32 Å². The smallest absolute Gasteiger partial charge is 0.153 e. The first kappa shape index (κ1) is 13.3. The summed E-state index contributed by atoms with van der Waals surface area (Å²) in [6.07, 6.45) is 4.80. The quantitative estimate of drug-likeness (QED) is 0.806. The molecule has 0 aromatic rings. The zero-order valence-corrected chi connectivity index (χ0v) is 11.5. The molecular weight excluding hydrogens is 236 g/mol. The molecule has 2 saturated heterocycles. The predicted molar refractivity (Wildman–Crippen MR) is 69.9 cm³/mol. The minimum atomic E-state index is -2.78. The van der Waals surface area contributed by atoms with Crippen LogP contribution in [0.3, 0.4) is 0 Å². The average molecular weight is 260 g/mol. The Bertz CT molecular complexity index is 342. The molecule has 0 bridgehead atoms. The molecule has 2 atom stereocenters. The van der Waals surface area contributed by atoms with Crippen LogP contribution in [-0.2, 0) is 9.84 Å². The summed E-state index contributed by atoms with van der Waals surface area (Å²) in [6, 6.07) is 0.905. The summed E-state index contributed by atoms with van der Waals surface area (Å²) in [7, 11) is -2.78. The Morgan fingerprint density at radius 3 is 2.94 bits per heavy atom. The first-order valence-corrected chi connectivity index (χ1v) is 8.61. The first-order chi connectivity index (χ1) is 8.11. The lowest BCUT2D eigenvalue weighted by Gasteiger charge is -2.28. The fourth-order valence-electron chi connectivity index (χ4n) is 3.03. The second kappa shape index (κ2) is 5.67. The molecule has 0 spiro atoms. The lowest BCUT2D eigenvalue weighted by Crippen LogP contribution is -2.46. The Balaban J connectivity index is 1.78. The molecule has 1 N–H and O–H groups in total. The molecule has 17 heavy (non-hydrogen) atoms. The van der Waals surface area contributed by atoms with Crippen LogP contribution in [0.4, 0.5) is 0 Å². The highest BCUT2D eigenvalue weighted by molar-refractivity contribution is 7.91. The van der Waals surface area contributed by atoms with Gasteiger partial charge in [-0.1, -0.05) is 6.92 Å². The standard InChI is InChI=1S/C12H24N2O2S/c1-2-12-4-3-7-14(12)8-5-11-10-17(15,16)9-6-13-11/h11-13H,2-10H2,1H3. The Kier molecular flexibility index (Phi) is 4.44. The van der Waals surface area contributed by atoms with Crippen molar-refractivity contribution in [3.63, 3.8) is 0 Å². The van der Waals surface area contributed by atoms with E-state index in [0.29, 0.717) is 18.1 Å². The van der Waals surface area contributed by atoms with Gasteiger partial charge in [0.1, 0.15) is 0 Å². The van der Waals surface area contributed by atoms with Crippen LogP contribution in [0.15, 0.2) is 0 Å². The molecule has 0 aliphatic carbocycles. The number of hydrogen-bond donors (Lipinski definition) is 1. The van der Waals surface area contributed by atoms with Gasteiger partial charge in [0.05, 0.1) is 11.5 Å². The van der Waals surface area contributed by atoms with E-state index in [4.69, 9.17) is 0 Å². The Morgan fingerprint density at radius 2 is 2.24 bits per heavy atom. The van der Waals surface area contributed by atoms with Crippen molar-refractivity contribution in [2.45, 2.75) is 44.7 Å². The van der Waals surface area contributed by atoms with Crippen LogP contribution >= 0.6 is 0 Å². The second-order valence-electron chi connectivity index (χ2n) is 5.29. The Labute approximate surface area is 105 Å². The van der Waals surface area contributed by atoms with Crippen molar-refractivity contribution in [2.24, 2.45) is 0 Å². The largest absolute Gasteiger partial charge is 0.312 e. The molecule has 2 unspecified atom stereocenters. The van der Waals surface area contributed by atoms with Gasteiger partial charge in [-0.05, 0) is 38.8 Å². The zero-order valence-electron chi connectivity index (χ0n) is 10.7. The maximum absolute atomic E-state index is 11.5. The number of rotatable bonds is 4. The molecule has 0 radical (unpaired) electrons. The first-order valence-electron chi connectivity index (χ1n) is 6.78. The summed E-state index contributed by atoms with van der Waals surface area (Å²) in [5.41, 5.74) is 0. The highest BCUT2D eigenvalue weighted by Crippen LogP contribution is 2.20. The average Bonchev–Trinajstić information content (AvgIpc) is 2.72. The molecule has 0 saturated carbocycles. The molecule has 4 nitrogen and oxygen atoms in total. The van der Waals surface area contributed by atoms with Gasteiger partial charge in [0.2, 0.25) is 0 Å². The molecule has 0 aromatic heterocycles. The summed E-state index contributed by atoms with van der Waals surface area (Å²) in [4.78, 5) is 2.53. The van der Waals surface area contributed by atoms with Crippen LogP contribution in [0.2, 0.25) is 0 Å². The van der Waals surface area contributed by atoms with Crippen molar-refractivity contribution >= 4 is 9.84 Å². The SMILES string of the molecule is CCC1CCCN1CCC1CS(=O)(=O)CCN1. The third kappa shape index (κ3) is 3.66. The van der Waals surface area contributed by atoms with Gasteiger partial charge in [0.25, 0.3) is 0 Å². The molecule has 100 valence electrons. The van der Waals surface area contributed by atoms with Gasteiger partial charge in [-0.25, -0.2) is 8.42 Å². The molecule has 2 aliphatic rings. The van der Waals surface area contributed by atoms with E-state index < -0.39 is 9.84 Å². The minimum absolute atomic E-state index is 0.173. The number of likely N-dealkylation sites (tertiary alicyclic amines) is 1. The van der Waals surface area contributed by atoms with Gasteiger partial charge in [-0.3, -0.25) is 0 Å². The third-order valence-corrected chi connectivity index (χ3v) is 5.77. The summed E-state index contributed by atoms with van der Waals surface area (Å²) in [6.45, 7) is 5.11. The molecular formula is C12H24N2O2S. The predicted octanol–water partition coefficient (Wildman–Crippen LogP) is 0.638. The lowest BCUT2D eigenvalue weighted by molar-refractivity contribution is 0.236. The van der Waals surface area contributed by atoms with E-state index in [-0.39, 0.29) is 6.04 Å². The molecule has 2 rings (SSSR count). The van der Waals surface area contributed by atoms with Crippen LogP contribution in [0.25, 0.3) is 0 Å². The van der Waals surface area contributed by atoms with Crippen LogP contribution in [0.1, 0.15) is 32.6 Å². The van der Waals surface area contributed by atoms with Crippen molar-refractivity contribution in [3.8, 4) is 0 Å². The molecule has 2 fully saturated rings. The zero-order chi connectivity index (χ0) is 12.3. The maximum Gasteiger partial charge on any atom is 0.153 e. The Morgan fingerprint density at radius 1 is 1.41 bits per heavy atom. The van der Waals surface area contributed by atoms with E-state index in [1.54, 1.807) is 0 Å². The van der Waals surface area contributed by atoms with Gasteiger partial charge >= 0.3 is 0 Å². The van der Waals surface area contributed by atoms with Crippen molar-refractivity contribution in [3.05, 3.63) is 0 Å². The fraction of sp³-hybridized carbons (Fsp3) is 1.00. The molecule has 5 heteroatoms. The Hall–Kier alpha value is -0.130. The molecule has 2 heterocycles. The molecule has 2 aliphatic heterocycles. The van der Waals surface area contributed by atoms with E-state index in [9.17, 15) is 8.42 Å². The van der Waals surface area contributed by atoms with E-state index in [1.807, 2.05) is 0 Å². The monoisotopic (exact) mass is 260 g/mol. The topological polar surface area (TPSA) is 49.4 Å². The highest BCUT2D eigenvalue weighted by Gasteiger charge is 2.27. The number of hydrogen-bond acceptors (Lipinski definition) is 4. The van der Waals surface area contributed by atoms with Gasteiger partial charge in [-0.15, -0.1) is 0 Å². The van der Waals surface area contributed by atoms with E-state index in [2.05, 4.69) is 17.1 Å². The van der Waals surface area contributed by atoms with Crippen LogP contribution in [-0.4, -0.2) is 56.5 Å². The van der Waals surface area contributed by atoms with Crippen LogP contribution in [0.5, 0.6) is 0 Å². The third-order valence-electron chi connectivity index (χ3n) is 4.04. The second-order valence-corrected chi connectivity index (χ2v) is 7.52. The van der Waals surface area contributed by atoms with Crippen molar-refractivity contribution < 1.29 is 8.42 Å². The number of nitrogens with zero attached hydrogens (tertiary/aromatic N) is 1. The van der Waals surface area contributed by atoms with E-state index >= 15 is 0 Å². The summed E-state index contributed by atoms with van der Waals surface area (Å²) in [5, 5.41) is 3.33. The molecule has 0 aromatic carbocycles. The van der Waals surface area contributed by atoms with Crippen molar-refractivity contribution in [1.82, 2.24) is 10.2 Å². The maximum atomic E-state index is 11.5. The number of sulfone groups is 1. The number of nitrogens with one attached hydrogen (secondary N) is 1. The summed E-state index contributed by atoms with van der Waals surface area (Å²) >= 11 is 0. The van der Waals surface area contributed by atoms with E-state index in [1.165, 1.54) is 25.8 Å². The summed E-state index contributed by atoms with van der Waals surface area (Å²) < 4.78 is 23.0. The van der Waals surface area contributed by atoms with Crippen molar-refractivity contribution in [1.29, 1.82) is 0 Å². The lowest BCUT2D eigenvalue weighted by atomic mass is 10.1. The minimum Gasteiger partial charge on any atom is -0.312 e. The van der Waals surface area contributed by atoms with Crippen LogP contribution in [0, 0.1) is 0 Å². The molecule has 0 amide bonds. The van der Waals surface area contributed by atoms with Crippen molar-refractivity contribution in [2.75, 3.05) is 31.1 Å².